The summed E-state index contributed by atoms with van der Waals surface area (Å²) in [5.41, 5.74) is 13.5. The van der Waals surface area contributed by atoms with Crippen LogP contribution >= 0.6 is 11.8 Å². The number of nitrogens with two attached hydrogens (primary N) is 2. The first kappa shape index (κ1) is 20.4. The van der Waals surface area contributed by atoms with Gasteiger partial charge in [-0.2, -0.15) is 5.10 Å². The zero-order chi connectivity index (χ0) is 22.1. The Kier molecular flexibility index (Phi) is 5.44. The highest BCUT2D eigenvalue weighted by atomic mass is 32.2. The zero-order valence-electron chi connectivity index (χ0n) is 17.2. The second kappa shape index (κ2) is 8.54. The van der Waals surface area contributed by atoms with Gasteiger partial charge in [0.2, 0.25) is 0 Å². The van der Waals surface area contributed by atoms with E-state index in [1.807, 2.05) is 30.3 Å². The third-order valence-corrected chi connectivity index (χ3v) is 6.35. The summed E-state index contributed by atoms with van der Waals surface area (Å²) in [6.07, 6.45) is 8.08. The highest BCUT2D eigenvalue weighted by Crippen LogP contribution is 2.44. The Bertz CT molecular complexity index is 1150. The maximum absolute atomic E-state index is 13.3. The molecule has 32 heavy (non-hydrogen) atoms. The zero-order valence-corrected chi connectivity index (χ0v) is 18.0. The number of nitrogen functional groups attached to an aromatic ring is 2. The lowest BCUT2D eigenvalue weighted by Gasteiger charge is -2.27. The fourth-order valence-corrected chi connectivity index (χ4v) is 4.93. The van der Waals surface area contributed by atoms with Crippen molar-refractivity contribution in [3.8, 4) is 0 Å². The van der Waals surface area contributed by atoms with E-state index in [2.05, 4.69) is 9.97 Å². The highest BCUT2D eigenvalue weighted by Gasteiger charge is 2.45. The van der Waals surface area contributed by atoms with Crippen LogP contribution in [0.3, 0.4) is 0 Å². The van der Waals surface area contributed by atoms with Gasteiger partial charge in [0.15, 0.2) is 5.16 Å². The maximum Gasteiger partial charge on any atom is 0.253 e. The van der Waals surface area contributed by atoms with Crippen molar-refractivity contribution in [3.63, 3.8) is 0 Å². The molecule has 1 aliphatic carbocycles. The summed E-state index contributed by atoms with van der Waals surface area (Å²) in [6, 6.07) is 8.67. The molecule has 4 N–H and O–H groups in total. The predicted octanol–water partition coefficient (Wildman–Crippen LogP) is 3.74. The number of furan rings is 2. The molecule has 3 aromatic rings. The van der Waals surface area contributed by atoms with E-state index in [-0.39, 0.29) is 35.3 Å². The third-order valence-electron chi connectivity index (χ3n) is 5.52. The molecule has 2 atom stereocenters. The Morgan fingerprint density at radius 2 is 1.97 bits per heavy atom. The molecule has 1 saturated carbocycles. The first-order valence-electron chi connectivity index (χ1n) is 10.3. The molecule has 1 aliphatic heterocycles. The van der Waals surface area contributed by atoms with E-state index in [1.54, 1.807) is 17.5 Å². The Hall–Kier alpha value is -3.53. The van der Waals surface area contributed by atoms with Gasteiger partial charge in [0.1, 0.15) is 29.2 Å². The fourth-order valence-electron chi connectivity index (χ4n) is 4.21. The summed E-state index contributed by atoms with van der Waals surface area (Å²) in [4.78, 5) is 21.5. The molecule has 0 spiro atoms. The van der Waals surface area contributed by atoms with E-state index in [9.17, 15) is 4.79 Å². The second-order valence-corrected chi connectivity index (χ2v) is 8.60. The second-order valence-electron chi connectivity index (χ2n) is 7.66. The molecule has 0 aromatic carbocycles. The van der Waals surface area contributed by atoms with Gasteiger partial charge in [-0.3, -0.25) is 4.79 Å². The van der Waals surface area contributed by atoms with Crippen LogP contribution in [-0.2, 0) is 4.79 Å². The van der Waals surface area contributed by atoms with Crippen molar-refractivity contribution >= 4 is 41.1 Å². The molecule has 0 radical (unpaired) electrons. The van der Waals surface area contributed by atoms with Crippen molar-refractivity contribution in [2.75, 3.05) is 17.2 Å². The van der Waals surface area contributed by atoms with Gasteiger partial charge in [0.05, 0.1) is 24.0 Å². The van der Waals surface area contributed by atoms with Gasteiger partial charge in [-0.05, 0) is 55.2 Å². The molecule has 2 aliphatic rings. The average molecular weight is 451 g/mol. The Labute approximate surface area is 188 Å². The Morgan fingerprint density at radius 3 is 2.69 bits per heavy atom. The van der Waals surface area contributed by atoms with Crippen LogP contribution in [0.15, 0.2) is 67.5 Å². The summed E-state index contributed by atoms with van der Waals surface area (Å²) in [5, 5.41) is 6.68. The van der Waals surface area contributed by atoms with Crippen molar-refractivity contribution < 1.29 is 13.6 Å². The monoisotopic (exact) mass is 450 g/mol. The lowest BCUT2D eigenvalue weighted by Crippen LogP contribution is -2.32. The van der Waals surface area contributed by atoms with Crippen LogP contribution in [-0.4, -0.2) is 32.3 Å². The number of amides is 1. The van der Waals surface area contributed by atoms with Crippen LogP contribution in [0.25, 0.3) is 6.08 Å². The summed E-state index contributed by atoms with van der Waals surface area (Å²) in [7, 11) is 0. The number of hydrogen-bond donors (Lipinski definition) is 2. The summed E-state index contributed by atoms with van der Waals surface area (Å²) in [5.74, 6) is 2.01. The number of aromatic nitrogens is 2. The summed E-state index contributed by atoms with van der Waals surface area (Å²) < 4.78 is 11.2. The predicted molar refractivity (Wildman–Crippen MR) is 121 cm³/mol. The molecule has 4 heterocycles. The van der Waals surface area contributed by atoms with Crippen molar-refractivity contribution in [1.82, 2.24) is 15.0 Å². The number of carbonyl (C=O) groups is 1. The lowest BCUT2D eigenvalue weighted by atomic mass is 9.79. The minimum absolute atomic E-state index is 0.0596. The number of rotatable bonds is 5. The molecule has 0 saturated heterocycles. The van der Waals surface area contributed by atoms with Crippen molar-refractivity contribution in [3.05, 3.63) is 60.0 Å². The van der Waals surface area contributed by atoms with E-state index in [0.717, 1.165) is 42.1 Å². The van der Waals surface area contributed by atoms with Crippen molar-refractivity contribution in [2.45, 2.75) is 30.5 Å². The summed E-state index contributed by atoms with van der Waals surface area (Å²) in [6.45, 7) is 0. The number of hydrogen-bond acceptors (Lipinski definition) is 9. The van der Waals surface area contributed by atoms with Gasteiger partial charge < -0.3 is 20.3 Å². The molecule has 3 aromatic heterocycles. The molecule has 1 amide bonds. The van der Waals surface area contributed by atoms with Crippen LogP contribution in [0.5, 0.6) is 0 Å². The molecule has 164 valence electrons. The van der Waals surface area contributed by atoms with Gasteiger partial charge in [0, 0.05) is 12.0 Å². The van der Waals surface area contributed by atoms with E-state index in [1.165, 1.54) is 17.8 Å². The number of allylic oxidation sites excluding steroid dienone is 1. The Morgan fingerprint density at radius 1 is 1.19 bits per heavy atom. The standard InChI is InChI=1S/C22H22N6O3S/c23-17-11-18(24)26-22(25-17)32-12-19(29)28-21(16-7-3-9-31-16)15-6-1-4-13(20(15)27-28)10-14-5-2-8-30-14/h2-3,5,7-11,15,21H,1,4,6,12H2,(H4,23,24,25,26)/b13-10-. The van der Waals surface area contributed by atoms with Gasteiger partial charge >= 0.3 is 0 Å². The third kappa shape index (κ3) is 4.01. The van der Waals surface area contributed by atoms with Crippen molar-refractivity contribution in [1.29, 1.82) is 0 Å². The average Bonchev–Trinajstić information content (AvgIpc) is 3.52. The summed E-state index contributed by atoms with van der Waals surface area (Å²) >= 11 is 1.18. The number of fused-ring (bicyclic) bond motifs is 1. The smallest absolute Gasteiger partial charge is 0.253 e. The van der Waals surface area contributed by atoms with Crippen LogP contribution < -0.4 is 11.5 Å². The van der Waals surface area contributed by atoms with Crippen molar-refractivity contribution in [2.24, 2.45) is 11.0 Å². The SMILES string of the molecule is Nc1cc(N)nc(SCC(=O)N2N=C3/C(=C\c4ccco4)CCCC3C2c2ccco2)n1. The topological polar surface area (TPSA) is 137 Å². The molecular formula is C22H22N6O3S. The van der Waals surface area contributed by atoms with E-state index in [4.69, 9.17) is 25.4 Å². The van der Waals surface area contributed by atoms with E-state index in [0.29, 0.717) is 5.16 Å². The number of anilines is 2. The van der Waals surface area contributed by atoms with Gasteiger partial charge in [-0.25, -0.2) is 15.0 Å². The minimum Gasteiger partial charge on any atom is -0.467 e. The highest BCUT2D eigenvalue weighted by molar-refractivity contribution is 7.99. The number of hydrazone groups is 1. The molecule has 1 fully saturated rings. The molecule has 10 heteroatoms. The lowest BCUT2D eigenvalue weighted by molar-refractivity contribution is -0.131. The molecular weight excluding hydrogens is 428 g/mol. The van der Waals surface area contributed by atoms with Gasteiger partial charge in [0.25, 0.3) is 5.91 Å². The molecule has 5 rings (SSSR count). The molecule has 0 bridgehead atoms. The first-order valence-corrected chi connectivity index (χ1v) is 11.3. The Balaban J connectivity index is 1.43. The van der Waals surface area contributed by atoms with Crippen LogP contribution in [0, 0.1) is 5.92 Å². The molecule has 9 nitrogen and oxygen atoms in total. The quantitative estimate of drug-likeness (QED) is 0.443. The first-order chi connectivity index (χ1) is 15.6. The fraction of sp³-hybridized carbons (Fsp3) is 0.273. The van der Waals surface area contributed by atoms with Crippen LogP contribution in [0.4, 0.5) is 11.6 Å². The number of thioether (sulfide) groups is 1. The van der Waals surface area contributed by atoms with Gasteiger partial charge in [-0.15, -0.1) is 0 Å². The normalized spacial score (nSPS) is 21.6. The number of carbonyl (C=O) groups excluding carboxylic acids is 1. The van der Waals surface area contributed by atoms with Crippen LogP contribution in [0.2, 0.25) is 0 Å². The van der Waals surface area contributed by atoms with E-state index < -0.39 is 0 Å². The number of nitrogens with zero attached hydrogens (tertiary/aromatic N) is 4. The molecule has 2 unspecified atom stereocenters. The van der Waals surface area contributed by atoms with Gasteiger partial charge in [-0.1, -0.05) is 11.8 Å². The minimum atomic E-state index is -0.291. The van der Waals surface area contributed by atoms with Crippen LogP contribution in [0.1, 0.15) is 36.8 Å². The maximum atomic E-state index is 13.3. The largest absolute Gasteiger partial charge is 0.467 e. The van der Waals surface area contributed by atoms with E-state index >= 15 is 0 Å².